The van der Waals surface area contributed by atoms with Gasteiger partial charge in [-0.2, -0.15) is 0 Å². The zero-order valence-corrected chi connectivity index (χ0v) is 9.43. The van der Waals surface area contributed by atoms with E-state index in [2.05, 4.69) is 26.8 Å². The van der Waals surface area contributed by atoms with Crippen molar-refractivity contribution in [2.75, 3.05) is 11.9 Å². The first-order valence-corrected chi connectivity index (χ1v) is 5.54. The number of nitrogens with one attached hydrogen (secondary N) is 1. The van der Waals surface area contributed by atoms with Gasteiger partial charge in [0.1, 0.15) is 0 Å². The monoisotopic (exact) mass is 216 g/mol. The van der Waals surface area contributed by atoms with Crippen LogP contribution in [0.4, 0.5) is 5.95 Å². The van der Waals surface area contributed by atoms with Crippen LogP contribution < -0.4 is 5.32 Å². The summed E-state index contributed by atoms with van der Waals surface area (Å²) in [5.74, 6) is 0.929. The first kappa shape index (κ1) is 10.7. The number of pyridine rings is 1. The largest absolute Gasteiger partial charge is 0.356 e. The lowest BCUT2D eigenvalue weighted by molar-refractivity contribution is 0.791. The maximum Gasteiger partial charge on any atom is 0.203 e. The summed E-state index contributed by atoms with van der Waals surface area (Å²) in [6, 6.07) is 4.03. The molecule has 1 N–H and O–H groups in total. The van der Waals surface area contributed by atoms with Gasteiger partial charge in [-0.15, -0.1) is 0 Å². The Hall–Kier alpha value is -1.84. The summed E-state index contributed by atoms with van der Waals surface area (Å²) in [7, 11) is 0. The SMILES string of the molecule is CCCNc1nccn1Cc1ccncc1. The van der Waals surface area contributed by atoms with Crippen molar-refractivity contribution >= 4 is 5.95 Å². The molecular formula is C12H16N4. The van der Waals surface area contributed by atoms with Gasteiger partial charge in [-0.1, -0.05) is 6.92 Å². The van der Waals surface area contributed by atoms with Gasteiger partial charge in [0.25, 0.3) is 0 Å². The second-order valence-electron chi connectivity index (χ2n) is 3.66. The second kappa shape index (κ2) is 5.30. The highest BCUT2D eigenvalue weighted by molar-refractivity contribution is 5.27. The molecular weight excluding hydrogens is 200 g/mol. The lowest BCUT2D eigenvalue weighted by Crippen LogP contribution is -2.08. The van der Waals surface area contributed by atoms with Gasteiger partial charge in [0, 0.05) is 31.3 Å². The van der Waals surface area contributed by atoms with Gasteiger partial charge >= 0.3 is 0 Å². The molecule has 0 fully saturated rings. The van der Waals surface area contributed by atoms with Crippen LogP contribution in [0.3, 0.4) is 0 Å². The molecule has 84 valence electrons. The van der Waals surface area contributed by atoms with E-state index in [0.717, 1.165) is 25.5 Å². The van der Waals surface area contributed by atoms with Gasteiger partial charge in [0.15, 0.2) is 0 Å². The highest BCUT2D eigenvalue weighted by atomic mass is 15.2. The van der Waals surface area contributed by atoms with E-state index < -0.39 is 0 Å². The third-order valence-electron chi connectivity index (χ3n) is 2.35. The summed E-state index contributed by atoms with van der Waals surface area (Å²) in [5, 5.41) is 3.30. The highest BCUT2D eigenvalue weighted by Crippen LogP contribution is 2.08. The van der Waals surface area contributed by atoms with Crippen molar-refractivity contribution in [3.63, 3.8) is 0 Å². The molecule has 0 aliphatic carbocycles. The number of hydrogen-bond acceptors (Lipinski definition) is 3. The fourth-order valence-corrected chi connectivity index (χ4v) is 1.53. The minimum Gasteiger partial charge on any atom is -0.356 e. The highest BCUT2D eigenvalue weighted by Gasteiger charge is 2.01. The summed E-state index contributed by atoms with van der Waals surface area (Å²) >= 11 is 0. The van der Waals surface area contributed by atoms with E-state index >= 15 is 0 Å². The molecule has 0 aliphatic rings. The van der Waals surface area contributed by atoms with Crippen molar-refractivity contribution in [2.45, 2.75) is 19.9 Å². The van der Waals surface area contributed by atoms with Crippen LogP contribution in [0.25, 0.3) is 0 Å². The third kappa shape index (κ3) is 2.59. The number of imidazole rings is 1. The molecule has 0 radical (unpaired) electrons. The zero-order chi connectivity index (χ0) is 11.2. The summed E-state index contributed by atoms with van der Waals surface area (Å²) in [6.07, 6.45) is 8.52. The van der Waals surface area contributed by atoms with Crippen LogP contribution in [0.5, 0.6) is 0 Å². The third-order valence-corrected chi connectivity index (χ3v) is 2.35. The molecule has 0 atom stereocenters. The average Bonchev–Trinajstić information content (AvgIpc) is 2.75. The van der Waals surface area contributed by atoms with Crippen molar-refractivity contribution in [2.24, 2.45) is 0 Å². The molecule has 0 bridgehead atoms. The Bertz CT molecular complexity index is 422. The van der Waals surface area contributed by atoms with Crippen LogP contribution in [0, 0.1) is 0 Å². The standard InChI is InChI=1S/C12H16N4/c1-2-5-14-12-15-8-9-16(12)10-11-3-6-13-7-4-11/h3-4,6-9H,2,5,10H2,1H3,(H,14,15). The van der Waals surface area contributed by atoms with Crippen molar-refractivity contribution in [3.05, 3.63) is 42.5 Å². The number of hydrogen-bond donors (Lipinski definition) is 1. The normalized spacial score (nSPS) is 10.3. The van der Waals surface area contributed by atoms with Gasteiger partial charge in [0.2, 0.25) is 5.95 Å². The van der Waals surface area contributed by atoms with E-state index in [9.17, 15) is 0 Å². The molecule has 0 saturated heterocycles. The van der Waals surface area contributed by atoms with Crippen molar-refractivity contribution < 1.29 is 0 Å². The Balaban J connectivity index is 2.07. The van der Waals surface area contributed by atoms with E-state index in [0.29, 0.717) is 0 Å². The summed E-state index contributed by atoms with van der Waals surface area (Å²) < 4.78 is 2.10. The fourth-order valence-electron chi connectivity index (χ4n) is 1.53. The van der Waals surface area contributed by atoms with E-state index in [-0.39, 0.29) is 0 Å². The Morgan fingerprint density at radius 3 is 2.81 bits per heavy atom. The minimum atomic E-state index is 0.828. The van der Waals surface area contributed by atoms with Crippen molar-refractivity contribution in [1.29, 1.82) is 0 Å². The predicted molar refractivity (Wildman–Crippen MR) is 64.3 cm³/mol. The van der Waals surface area contributed by atoms with Crippen molar-refractivity contribution in [1.82, 2.24) is 14.5 Å². The first-order valence-electron chi connectivity index (χ1n) is 5.54. The smallest absolute Gasteiger partial charge is 0.203 e. The molecule has 2 rings (SSSR count). The summed E-state index contributed by atoms with van der Waals surface area (Å²) in [5.41, 5.74) is 1.23. The Labute approximate surface area is 95.4 Å². The lowest BCUT2D eigenvalue weighted by atomic mass is 10.3. The van der Waals surface area contributed by atoms with Gasteiger partial charge in [-0.25, -0.2) is 4.98 Å². The number of aromatic nitrogens is 3. The molecule has 0 amide bonds. The molecule has 0 aromatic carbocycles. The van der Waals surface area contributed by atoms with E-state index in [1.165, 1.54) is 5.56 Å². The Morgan fingerprint density at radius 2 is 2.06 bits per heavy atom. The Morgan fingerprint density at radius 1 is 1.25 bits per heavy atom. The quantitative estimate of drug-likeness (QED) is 0.832. The van der Waals surface area contributed by atoms with E-state index in [4.69, 9.17) is 0 Å². The molecule has 4 nitrogen and oxygen atoms in total. The molecule has 16 heavy (non-hydrogen) atoms. The molecule has 0 aliphatic heterocycles. The van der Waals surface area contributed by atoms with Gasteiger partial charge < -0.3 is 9.88 Å². The van der Waals surface area contributed by atoms with Crippen LogP contribution in [0.2, 0.25) is 0 Å². The average molecular weight is 216 g/mol. The minimum absolute atomic E-state index is 0.828. The first-order chi connectivity index (χ1) is 7.90. The summed E-state index contributed by atoms with van der Waals surface area (Å²) in [4.78, 5) is 8.29. The fraction of sp³-hybridized carbons (Fsp3) is 0.333. The summed E-state index contributed by atoms with van der Waals surface area (Å²) in [6.45, 7) is 3.92. The maximum atomic E-state index is 4.29. The second-order valence-corrected chi connectivity index (χ2v) is 3.66. The number of nitrogens with zero attached hydrogens (tertiary/aromatic N) is 3. The Kier molecular flexibility index (Phi) is 3.53. The van der Waals surface area contributed by atoms with Crippen LogP contribution in [0.1, 0.15) is 18.9 Å². The van der Waals surface area contributed by atoms with Gasteiger partial charge in [0.05, 0.1) is 6.54 Å². The maximum absolute atomic E-state index is 4.29. The van der Waals surface area contributed by atoms with Crippen LogP contribution in [-0.4, -0.2) is 21.1 Å². The van der Waals surface area contributed by atoms with Crippen LogP contribution in [-0.2, 0) is 6.54 Å². The van der Waals surface area contributed by atoms with Gasteiger partial charge in [-0.05, 0) is 24.1 Å². The molecule has 0 saturated carbocycles. The molecule has 4 heteroatoms. The topological polar surface area (TPSA) is 42.7 Å². The van der Waals surface area contributed by atoms with E-state index in [1.54, 1.807) is 0 Å². The molecule has 2 heterocycles. The zero-order valence-electron chi connectivity index (χ0n) is 9.43. The molecule has 2 aromatic rings. The number of anilines is 1. The van der Waals surface area contributed by atoms with Crippen molar-refractivity contribution in [3.8, 4) is 0 Å². The molecule has 2 aromatic heterocycles. The van der Waals surface area contributed by atoms with Crippen LogP contribution in [0.15, 0.2) is 36.9 Å². The molecule has 0 unspecified atom stereocenters. The predicted octanol–water partition coefficient (Wildman–Crippen LogP) is 2.15. The van der Waals surface area contributed by atoms with Crippen LogP contribution >= 0.6 is 0 Å². The van der Waals surface area contributed by atoms with Gasteiger partial charge in [-0.3, -0.25) is 4.98 Å². The number of rotatable bonds is 5. The lowest BCUT2D eigenvalue weighted by Gasteiger charge is -2.08. The van der Waals surface area contributed by atoms with E-state index in [1.807, 2.05) is 36.9 Å². The molecule has 0 spiro atoms.